The summed E-state index contributed by atoms with van der Waals surface area (Å²) in [6, 6.07) is 9.36. The molecule has 134 valence electrons. The lowest BCUT2D eigenvalue weighted by atomic mass is 9.81. The van der Waals surface area contributed by atoms with Gasteiger partial charge in [0.1, 0.15) is 0 Å². The van der Waals surface area contributed by atoms with Gasteiger partial charge in [0.15, 0.2) is 5.82 Å². The van der Waals surface area contributed by atoms with E-state index in [4.69, 9.17) is 16.3 Å². The number of aryl methyl sites for hydroxylation is 1. The van der Waals surface area contributed by atoms with Gasteiger partial charge in [0.2, 0.25) is 11.8 Å². The summed E-state index contributed by atoms with van der Waals surface area (Å²) in [4.78, 5) is 27.0. The van der Waals surface area contributed by atoms with Gasteiger partial charge in [-0.15, -0.1) is 0 Å². The fraction of sp³-hybridized carbons (Fsp3) is 0.421. The first-order valence-electron chi connectivity index (χ1n) is 8.85. The molecule has 7 heteroatoms. The highest BCUT2D eigenvalue weighted by atomic mass is 35.5. The van der Waals surface area contributed by atoms with Crippen molar-refractivity contribution in [2.75, 3.05) is 4.90 Å². The highest BCUT2D eigenvalue weighted by molar-refractivity contribution is 6.30. The normalized spacial score (nSPS) is 29.7. The van der Waals surface area contributed by atoms with Crippen LogP contribution in [0.3, 0.4) is 0 Å². The lowest BCUT2D eigenvalue weighted by molar-refractivity contribution is -0.124. The molecule has 0 aliphatic carbocycles. The third-order valence-electron chi connectivity index (χ3n) is 5.70. The number of benzene rings is 1. The van der Waals surface area contributed by atoms with E-state index in [9.17, 15) is 9.59 Å². The van der Waals surface area contributed by atoms with Gasteiger partial charge >= 0.3 is 0 Å². The Bertz CT molecular complexity index is 897. The molecule has 1 aromatic heterocycles. The Morgan fingerprint density at radius 2 is 1.85 bits per heavy atom. The van der Waals surface area contributed by atoms with E-state index in [2.05, 4.69) is 5.10 Å². The average molecular weight is 372 g/mol. The van der Waals surface area contributed by atoms with Crippen LogP contribution in [0.25, 0.3) is 0 Å². The van der Waals surface area contributed by atoms with Crippen LogP contribution in [0.1, 0.15) is 24.1 Å². The fourth-order valence-corrected chi connectivity index (χ4v) is 4.72. The van der Waals surface area contributed by atoms with Crippen LogP contribution >= 0.6 is 11.6 Å². The Morgan fingerprint density at radius 3 is 2.50 bits per heavy atom. The number of hydrogen-bond donors (Lipinski definition) is 0. The van der Waals surface area contributed by atoms with Crippen molar-refractivity contribution in [2.45, 2.75) is 38.5 Å². The monoisotopic (exact) mass is 371 g/mol. The van der Waals surface area contributed by atoms with Crippen LogP contribution in [0.4, 0.5) is 5.82 Å². The first-order valence-corrected chi connectivity index (χ1v) is 9.23. The highest BCUT2D eigenvalue weighted by Crippen LogP contribution is 2.49. The predicted octanol–water partition coefficient (Wildman–Crippen LogP) is 2.56. The molecule has 4 heterocycles. The zero-order valence-electron chi connectivity index (χ0n) is 14.3. The molecule has 1 aromatic carbocycles. The van der Waals surface area contributed by atoms with Crippen LogP contribution in [0.15, 0.2) is 30.3 Å². The number of carbonyl (C=O) groups is 2. The molecule has 4 atom stereocenters. The molecule has 0 N–H and O–H groups in total. The van der Waals surface area contributed by atoms with Gasteiger partial charge in [0.05, 0.1) is 30.6 Å². The maximum absolute atomic E-state index is 12.9. The van der Waals surface area contributed by atoms with Gasteiger partial charge in [0.25, 0.3) is 0 Å². The Balaban J connectivity index is 1.44. The Kier molecular flexibility index (Phi) is 3.49. The van der Waals surface area contributed by atoms with Crippen molar-refractivity contribution < 1.29 is 14.3 Å². The zero-order chi connectivity index (χ0) is 18.0. The van der Waals surface area contributed by atoms with E-state index in [1.165, 1.54) is 4.90 Å². The summed E-state index contributed by atoms with van der Waals surface area (Å²) in [6.07, 6.45) is 1.50. The minimum Gasteiger partial charge on any atom is -0.373 e. The van der Waals surface area contributed by atoms with Crippen LogP contribution in [0.5, 0.6) is 0 Å². The Morgan fingerprint density at radius 1 is 1.15 bits per heavy atom. The van der Waals surface area contributed by atoms with E-state index in [-0.39, 0.29) is 35.9 Å². The number of amides is 2. The molecule has 3 saturated heterocycles. The highest BCUT2D eigenvalue weighted by Gasteiger charge is 2.63. The largest absolute Gasteiger partial charge is 0.373 e. The molecule has 0 spiro atoms. The molecule has 2 bridgehead atoms. The number of rotatable bonds is 3. The number of nitrogens with zero attached hydrogens (tertiary/aromatic N) is 3. The third kappa shape index (κ3) is 2.25. The fourth-order valence-electron chi connectivity index (χ4n) is 4.51. The topological polar surface area (TPSA) is 64.4 Å². The molecule has 6 nitrogen and oxygen atoms in total. The zero-order valence-corrected chi connectivity index (χ0v) is 15.0. The van der Waals surface area contributed by atoms with Crippen LogP contribution in [-0.4, -0.2) is 33.8 Å². The SMILES string of the molecule is Cc1cc(N2C(=O)C3C4CCC(O4)C3C2=O)nn1Cc1cccc(Cl)c1. The molecule has 2 aromatic rings. The summed E-state index contributed by atoms with van der Waals surface area (Å²) in [6.45, 7) is 2.45. The second-order valence-electron chi connectivity index (χ2n) is 7.29. The summed E-state index contributed by atoms with van der Waals surface area (Å²) in [7, 11) is 0. The maximum atomic E-state index is 12.9. The molecule has 3 fully saturated rings. The van der Waals surface area contributed by atoms with Gasteiger partial charge < -0.3 is 4.74 Å². The van der Waals surface area contributed by atoms with Crippen molar-refractivity contribution in [3.63, 3.8) is 0 Å². The number of imide groups is 1. The third-order valence-corrected chi connectivity index (χ3v) is 5.94. The maximum Gasteiger partial charge on any atom is 0.241 e. The Hall–Kier alpha value is -2.18. The van der Waals surface area contributed by atoms with Crippen LogP contribution in [0.2, 0.25) is 5.02 Å². The van der Waals surface area contributed by atoms with E-state index in [1.807, 2.05) is 31.2 Å². The molecule has 0 radical (unpaired) electrons. The van der Waals surface area contributed by atoms with Gasteiger partial charge in [-0.2, -0.15) is 5.10 Å². The summed E-state index contributed by atoms with van der Waals surface area (Å²) in [5, 5.41) is 5.20. The summed E-state index contributed by atoms with van der Waals surface area (Å²) >= 11 is 6.05. The van der Waals surface area contributed by atoms with Crippen molar-refractivity contribution in [1.29, 1.82) is 0 Å². The minimum absolute atomic E-state index is 0.110. The minimum atomic E-state index is -0.334. The number of hydrogen-bond acceptors (Lipinski definition) is 4. The van der Waals surface area contributed by atoms with Gasteiger partial charge in [-0.25, -0.2) is 4.90 Å². The smallest absolute Gasteiger partial charge is 0.241 e. The average Bonchev–Trinajstić information content (AvgIpc) is 3.33. The van der Waals surface area contributed by atoms with Crippen molar-refractivity contribution >= 4 is 29.2 Å². The Labute approximate surface area is 155 Å². The predicted molar refractivity (Wildman–Crippen MR) is 94.9 cm³/mol. The first kappa shape index (κ1) is 16.0. The molecule has 26 heavy (non-hydrogen) atoms. The van der Waals surface area contributed by atoms with Gasteiger partial charge in [-0.1, -0.05) is 23.7 Å². The van der Waals surface area contributed by atoms with E-state index >= 15 is 0 Å². The lowest BCUT2D eigenvalue weighted by Crippen LogP contribution is -2.34. The standard InChI is InChI=1S/C19H18ClN3O3/c1-10-7-15(21-22(10)9-11-3-2-4-12(20)8-11)23-18(24)16-13-5-6-14(26-13)17(16)19(23)25/h2-4,7-8,13-14,16-17H,5-6,9H2,1H3. The van der Waals surface area contributed by atoms with Crippen LogP contribution in [-0.2, 0) is 20.9 Å². The molecular formula is C19H18ClN3O3. The molecule has 5 rings (SSSR count). The molecular weight excluding hydrogens is 354 g/mol. The van der Waals surface area contributed by atoms with Crippen molar-refractivity contribution in [3.8, 4) is 0 Å². The number of carbonyl (C=O) groups excluding carboxylic acids is 2. The van der Waals surface area contributed by atoms with E-state index < -0.39 is 0 Å². The molecule has 4 unspecified atom stereocenters. The quantitative estimate of drug-likeness (QED) is 0.778. The summed E-state index contributed by atoms with van der Waals surface area (Å²) in [5.74, 6) is -0.591. The number of anilines is 1. The van der Waals surface area contributed by atoms with Crippen LogP contribution in [0, 0.1) is 18.8 Å². The molecule has 2 amide bonds. The second-order valence-corrected chi connectivity index (χ2v) is 7.72. The van der Waals surface area contributed by atoms with Crippen molar-refractivity contribution in [3.05, 3.63) is 46.6 Å². The van der Waals surface area contributed by atoms with Crippen LogP contribution < -0.4 is 4.90 Å². The van der Waals surface area contributed by atoms with Gasteiger partial charge in [-0.3, -0.25) is 14.3 Å². The van der Waals surface area contributed by atoms with Crippen molar-refractivity contribution in [1.82, 2.24) is 9.78 Å². The number of aromatic nitrogens is 2. The number of fused-ring (bicyclic) bond motifs is 5. The lowest BCUT2D eigenvalue weighted by Gasteiger charge is -2.15. The molecule has 0 saturated carbocycles. The molecule has 3 aliphatic rings. The van der Waals surface area contributed by atoms with E-state index in [0.29, 0.717) is 17.4 Å². The first-order chi connectivity index (χ1) is 12.5. The summed E-state index contributed by atoms with van der Waals surface area (Å²) in [5.41, 5.74) is 1.90. The second kappa shape index (κ2) is 5.66. The summed E-state index contributed by atoms with van der Waals surface area (Å²) < 4.78 is 7.57. The number of ether oxygens (including phenoxy) is 1. The van der Waals surface area contributed by atoms with Crippen molar-refractivity contribution in [2.24, 2.45) is 11.8 Å². The molecule has 3 aliphatic heterocycles. The van der Waals surface area contributed by atoms with E-state index in [0.717, 1.165) is 24.1 Å². The van der Waals surface area contributed by atoms with Gasteiger partial charge in [0, 0.05) is 16.8 Å². The van der Waals surface area contributed by atoms with Gasteiger partial charge in [-0.05, 0) is 37.5 Å². The number of halogens is 1. The van der Waals surface area contributed by atoms with E-state index in [1.54, 1.807) is 10.7 Å².